The molecule has 0 fully saturated rings. The van der Waals surface area contributed by atoms with Crippen LogP contribution in [0.3, 0.4) is 0 Å². The Morgan fingerprint density at radius 1 is 0.738 bits per heavy atom. The first-order valence-electron chi connectivity index (χ1n) is 14.2. The number of hydrogen-bond acceptors (Lipinski definition) is 0. The molecule has 210 valence electrons. The second kappa shape index (κ2) is 14.2. The maximum absolute atomic E-state index is 4.16. The Bertz CT molecular complexity index is 1720. The van der Waals surface area contributed by atoms with Gasteiger partial charge in [0.2, 0.25) is 0 Å². The van der Waals surface area contributed by atoms with Crippen molar-refractivity contribution in [3.8, 4) is 22.3 Å². The molecule has 6 rings (SSSR count). The first-order chi connectivity index (χ1) is 18.9. The zero-order valence-electron chi connectivity index (χ0n) is 26.1. The quantitative estimate of drug-likeness (QED) is 0.116. The summed E-state index contributed by atoms with van der Waals surface area (Å²) in [5.41, 5.74) is 13.6. The van der Waals surface area contributed by atoms with Gasteiger partial charge in [-0.05, 0) is 73.1 Å². The SMILES string of the molecule is [CH2-]CCCC1C([Si]c2cc3c(-c4cc(C)ccc4C)cccc3[cH-]2)=Cc2c(-c3cc(C)ccc3C)cccc21.[CH3-].[CH3-].[Hf+4]. The third kappa shape index (κ3) is 6.46. The number of hydrogen-bond donors (Lipinski definition) is 0. The monoisotopic (exact) mass is 730 g/mol. The molecule has 2 radical (unpaired) electrons. The van der Waals surface area contributed by atoms with Crippen molar-refractivity contribution < 1.29 is 25.8 Å². The predicted molar refractivity (Wildman–Crippen MR) is 184 cm³/mol. The molecule has 0 heterocycles. The molecule has 2 heteroatoms. The summed E-state index contributed by atoms with van der Waals surface area (Å²) in [6.07, 6.45) is 5.83. The molecule has 0 bridgehead atoms. The predicted octanol–water partition coefficient (Wildman–Crippen LogP) is 10.5. The summed E-state index contributed by atoms with van der Waals surface area (Å²) in [5, 5.41) is 5.72. The van der Waals surface area contributed by atoms with Crippen LogP contribution in [0.15, 0.2) is 90.1 Å². The van der Waals surface area contributed by atoms with Crippen molar-refractivity contribution in [3.63, 3.8) is 0 Å². The van der Waals surface area contributed by atoms with Gasteiger partial charge in [-0.2, -0.15) is 12.5 Å². The third-order valence-electron chi connectivity index (χ3n) is 8.34. The maximum atomic E-state index is 4.16. The van der Waals surface area contributed by atoms with Gasteiger partial charge in [0.15, 0.2) is 0 Å². The van der Waals surface area contributed by atoms with Crippen LogP contribution in [0.2, 0.25) is 0 Å². The van der Waals surface area contributed by atoms with Crippen molar-refractivity contribution in [2.24, 2.45) is 0 Å². The Labute approximate surface area is 276 Å². The maximum Gasteiger partial charge on any atom is 4.00 e. The van der Waals surface area contributed by atoms with E-state index in [1.54, 1.807) is 5.20 Å². The number of aryl methyl sites for hydroxylation is 4. The van der Waals surface area contributed by atoms with Crippen LogP contribution in [0.1, 0.15) is 58.6 Å². The summed E-state index contributed by atoms with van der Waals surface area (Å²) in [7, 11) is 0.668. The van der Waals surface area contributed by atoms with Crippen molar-refractivity contribution >= 4 is 31.6 Å². The third-order valence-corrected chi connectivity index (χ3v) is 9.70. The largest absolute Gasteiger partial charge is 4.00 e. The van der Waals surface area contributed by atoms with Gasteiger partial charge < -0.3 is 21.8 Å². The van der Waals surface area contributed by atoms with E-state index in [4.69, 9.17) is 0 Å². The van der Waals surface area contributed by atoms with Gasteiger partial charge in [-0.25, -0.2) is 0 Å². The van der Waals surface area contributed by atoms with Crippen molar-refractivity contribution in [2.45, 2.75) is 52.9 Å². The first-order valence-corrected chi connectivity index (χ1v) is 15.2. The molecule has 0 saturated carbocycles. The van der Waals surface area contributed by atoms with Crippen molar-refractivity contribution in [1.29, 1.82) is 0 Å². The van der Waals surface area contributed by atoms with Gasteiger partial charge in [-0.1, -0.05) is 95.0 Å². The van der Waals surface area contributed by atoms with Gasteiger partial charge in [0.1, 0.15) is 0 Å². The van der Waals surface area contributed by atoms with E-state index in [0.29, 0.717) is 15.4 Å². The molecule has 0 nitrogen and oxygen atoms in total. The van der Waals surface area contributed by atoms with E-state index in [-0.39, 0.29) is 40.7 Å². The molecule has 0 aliphatic heterocycles. The van der Waals surface area contributed by atoms with Crippen LogP contribution in [0.5, 0.6) is 0 Å². The molecule has 0 spiro atoms. The molecule has 1 aliphatic carbocycles. The van der Waals surface area contributed by atoms with E-state index >= 15 is 0 Å². The summed E-state index contributed by atoms with van der Waals surface area (Å²) in [6.45, 7) is 13.0. The molecule has 5 aromatic carbocycles. The zero-order chi connectivity index (χ0) is 27.1. The van der Waals surface area contributed by atoms with Gasteiger partial charge >= 0.3 is 25.8 Å². The molecule has 42 heavy (non-hydrogen) atoms. The fourth-order valence-electron chi connectivity index (χ4n) is 6.25. The smallest absolute Gasteiger partial charge is 0.358 e. The zero-order valence-corrected chi connectivity index (χ0v) is 30.7. The number of benzene rings is 4. The summed E-state index contributed by atoms with van der Waals surface area (Å²) in [5.74, 6) is 0.474. The Morgan fingerprint density at radius 3 is 2.02 bits per heavy atom. The van der Waals surface area contributed by atoms with Crippen molar-refractivity contribution in [1.82, 2.24) is 0 Å². The molecular formula is C40H42HfSi. The van der Waals surface area contributed by atoms with E-state index < -0.39 is 0 Å². The fraction of sp³-hybridized carbons (Fsp3) is 0.200. The fourth-order valence-corrected chi connectivity index (χ4v) is 7.72. The average molecular weight is 729 g/mol. The molecule has 0 N–H and O–H groups in total. The van der Waals surface area contributed by atoms with Gasteiger partial charge in [0.05, 0.1) is 9.52 Å². The Hall–Kier alpha value is -2.68. The number of fused-ring (bicyclic) bond motifs is 2. The van der Waals surface area contributed by atoms with Crippen LogP contribution in [-0.2, 0) is 25.8 Å². The van der Waals surface area contributed by atoms with E-state index in [0.717, 1.165) is 12.8 Å². The van der Waals surface area contributed by atoms with Crippen LogP contribution in [0, 0.1) is 49.5 Å². The van der Waals surface area contributed by atoms with Crippen LogP contribution in [0.25, 0.3) is 39.1 Å². The van der Waals surface area contributed by atoms with Crippen molar-refractivity contribution in [3.05, 3.63) is 145 Å². The van der Waals surface area contributed by atoms with Crippen LogP contribution in [-0.4, -0.2) is 9.52 Å². The van der Waals surface area contributed by atoms with Crippen LogP contribution >= 0.6 is 0 Å². The summed E-state index contributed by atoms with van der Waals surface area (Å²) in [4.78, 5) is 0. The number of rotatable bonds is 7. The number of allylic oxidation sites excluding steroid dienone is 1. The van der Waals surface area contributed by atoms with Gasteiger partial charge in [0.25, 0.3) is 0 Å². The summed E-state index contributed by atoms with van der Waals surface area (Å²) < 4.78 is 0. The van der Waals surface area contributed by atoms with E-state index in [9.17, 15) is 0 Å². The second-order valence-electron chi connectivity index (χ2n) is 11.3. The molecule has 1 atom stereocenters. The number of unbranched alkanes of at least 4 members (excludes halogenated alkanes) is 1. The molecule has 1 unspecified atom stereocenters. The second-order valence-corrected chi connectivity index (χ2v) is 12.7. The molecule has 0 saturated heterocycles. The molecular weight excluding hydrogens is 687 g/mol. The minimum Gasteiger partial charge on any atom is -0.358 e. The normalized spacial score (nSPS) is 13.5. The summed E-state index contributed by atoms with van der Waals surface area (Å²) >= 11 is 0. The molecule has 5 aromatic rings. The standard InChI is InChI=1S/C38H36Si.2CH3.Hf/c1-6-7-11-33-30-13-9-14-32(35-20-25(3)16-18-27(35)5)37(30)23-38(33)39-29-21-28-10-8-12-31(36(28)22-29)34-19-24(2)15-17-26(34)4;;;/h8-10,12-23,33H,1,6-7,11H2,2-5H3;2*1H3;/q-2;2*-1;+4. The van der Waals surface area contributed by atoms with E-state index in [1.807, 2.05) is 0 Å². The van der Waals surface area contributed by atoms with Crippen molar-refractivity contribution in [2.75, 3.05) is 0 Å². The molecule has 0 aromatic heterocycles. The van der Waals surface area contributed by atoms with Crippen LogP contribution < -0.4 is 5.19 Å². The first kappa shape index (κ1) is 33.8. The topological polar surface area (TPSA) is 0 Å². The van der Waals surface area contributed by atoms with Crippen LogP contribution in [0.4, 0.5) is 0 Å². The molecule has 1 aliphatic rings. The van der Waals surface area contributed by atoms with Gasteiger partial charge in [-0.15, -0.1) is 34.2 Å². The minimum atomic E-state index is 0. The van der Waals surface area contributed by atoms with Gasteiger partial charge in [-0.3, -0.25) is 0 Å². The average Bonchev–Trinajstić information content (AvgIpc) is 3.50. The van der Waals surface area contributed by atoms with E-state index in [1.165, 1.54) is 78.0 Å². The Kier molecular flexibility index (Phi) is 11.4. The molecule has 0 amide bonds. The van der Waals surface area contributed by atoms with Gasteiger partial charge in [0, 0.05) is 5.92 Å². The Balaban J connectivity index is 0.00000161. The Morgan fingerprint density at radius 2 is 1.36 bits per heavy atom. The summed E-state index contributed by atoms with van der Waals surface area (Å²) in [6, 6.07) is 32.2. The minimum absolute atomic E-state index is 0. The van der Waals surface area contributed by atoms with E-state index in [2.05, 4.69) is 126 Å².